The van der Waals surface area contributed by atoms with Crippen LogP contribution in [0, 0.1) is 0 Å². The number of hydrogen-bond acceptors (Lipinski definition) is 3. The zero-order valence-corrected chi connectivity index (χ0v) is 25.6. The van der Waals surface area contributed by atoms with Gasteiger partial charge in [-0.05, 0) is 45.1 Å². The predicted molar refractivity (Wildman–Crippen MR) is 192 cm³/mol. The van der Waals surface area contributed by atoms with Crippen LogP contribution >= 0.6 is 11.3 Å². The maximum atomic E-state index is 15.4. The van der Waals surface area contributed by atoms with Crippen LogP contribution in [0.25, 0.3) is 63.3 Å². The quantitative estimate of drug-likeness (QED) is 0.197. The Hall–Kier alpha value is -5.23. The summed E-state index contributed by atoms with van der Waals surface area (Å²) in [7, 11) is -4.15. The molecule has 0 radical (unpaired) electrons. The van der Waals surface area contributed by atoms with Crippen molar-refractivity contribution in [1.29, 1.82) is 0 Å². The topological polar surface area (TPSA) is 37.4 Å². The molecule has 0 fully saturated rings. The van der Waals surface area contributed by atoms with Gasteiger partial charge in [-0.25, -0.2) is 12.7 Å². The molecular weight excluding hydrogens is 591 g/mol. The van der Waals surface area contributed by atoms with Crippen LogP contribution in [0.2, 0.25) is 0 Å². The molecule has 1 heterocycles. The Morgan fingerprint density at radius 1 is 0.444 bits per heavy atom. The molecule has 0 aliphatic rings. The Morgan fingerprint density at radius 3 is 1.56 bits per heavy atom. The molecule has 8 aromatic carbocycles. The molecule has 0 aliphatic carbocycles. The summed E-state index contributed by atoms with van der Waals surface area (Å²) in [6.07, 6.45) is 0. The largest absolute Gasteiger partial charge is 0.269 e. The van der Waals surface area contributed by atoms with E-state index >= 15 is 8.42 Å². The number of hydrogen-bond donors (Lipinski definition) is 0. The molecule has 0 atom stereocenters. The molecule has 9 aromatic rings. The van der Waals surface area contributed by atoms with Crippen LogP contribution in [0.1, 0.15) is 0 Å². The van der Waals surface area contributed by atoms with Gasteiger partial charge in [0.05, 0.1) is 16.3 Å². The Kier molecular flexibility index (Phi) is 5.76. The normalized spacial score (nSPS) is 12.2. The summed E-state index contributed by atoms with van der Waals surface area (Å²) in [5.74, 6) is 0. The lowest BCUT2D eigenvalue weighted by Gasteiger charge is -2.28. The number of anilines is 2. The van der Waals surface area contributed by atoms with Crippen LogP contribution in [-0.2, 0) is 10.0 Å². The summed E-state index contributed by atoms with van der Waals surface area (Å²) < 4.78 is 34.6. The Bertz CT molecular complexity index is 2660. The minimum absolute atomic E-state index is 0.294. The molecule has 9 rings (SSSR count). The molecule has 0 unspecified atom stereocenters. The predicted octanol–water partition coefficient (Wildman–Crippen LogP) is 11.2. The zero-order valence-electron chi connectivity index (χ0n) is 24.0. The van der Waals surface area contributed by atoms with E-state index < -0.39 is 10.0 Å². The molecule has 5 heteroatoms. The molecule has 0 N–H and O–H groups in total. The smallest absolute Gasteiger partial charge is 0.233 e. The van der Waals surface area contributed by atoms with E-state index in [1.54, 1.807) is 15.6 Å². The van der Waals surface area contributed by atoms with Gasteiger partial charge >= 0.3 is 0 Å². The standard InChI is InChI=1S/C40H25NO2S2/c42-45(43,41(35-21-9-14-26-11-1-4-16-29(26)35)36-22-10-15-27-12-2-5-17-30(27)36)38-25-37-39(33-20-8-7-19-32(33)38)34-24-23-28-13-3-6-18-31(28)40(34)44-37/h1-25H. The van der Waals surface area contributed by atoms with Gasteiger partial charge in [0, 0.05) is 36.3 Å². The van der Waals surface area contributed by atoms with Crippen LogP contribution < -0.4 is 4.31 Å². The third-order valence-corrected chi connectivity index (χ3v) is 11.8. The molecule has 0 amide bonds. The van der Waals surface area contributed by atoms with E-state index in [2.05, 4.69) is 42.5 Å². The average molecular weight is 616 g/mol. The second-order valence-electron chi connectivity index (χ2n) is 11.3. The molecule has 0 spiro atoms. The summed E-state index contributed by atoms with van der Waals surface area (Å²) in [6, 6.07) is 50.2. The number of rotatable bonds is 4. The fourth-order valence-electron chi connectivity index (χ4n) is 6.81. The SMILES string of the molecule is O=S(=O)(c1cc2sc3c4ccccc4ccc3c2c2ccccc12)N(c1cccc2ccccc12)c1cccc2ccccc12. The van der Waals surface area contributed by atoms with Crippen molar-refractivity contribution >= 4 is 96.0 Å². The van der Waals surface area contributed by atoms with Crippen molar-refractivity contribution in [3.63, 3.8) is 0 Å². The van der Waals surface area contributed by atoms with Gasteiger partial charge in [-0.2, -0.15) is 0 Å². The van der Waals surface area contributed by atoms with Crippen molar-refractivity contribution in [1.82, 2.24) is 0 Å². The first-order chi connectivity index (χ1) is 22.1. The maximum Gasteiger partial charge on any atom is 0.269 e. The molecule has 0 saturated carbocycles. The van der Waals surface area contributed by atoms with Crippen LogP contribution in [0.3, 0.4) is 0 Å². The lowest BCUT2D eigenvalue weighted by molar-refractivity contribution is 0.597. The first-order valence-electron chi connectivity index (χ1n) is 14.9. The van der Waals surface area contributed by atoms with Gasteiger partial charge in [0.2, 0.25) is 0 Å². The average Bonchev–Trinajstić information content (AvgIpc) is 3.48. The van der Waals surface area contributed by atoms with Crippen molar-refractivity contribution in [3.05, 3.63) is 152 Å². The fraction of sp³-hybridized carbons (Fsp3) is 0. The summed E-state index contributed by atoms with van der Waals surface area (Å²) in [5, 5.41) is 9.94. The summed E-state index contributed by atoms with van der Waals surface area (Å²) in [6.45, 7) is 0. The third kappa shape index (κ3) is 3.91. The number of nitrogens with zero attached hydrogens (tertiary/aromatic N) is 1. The second kappa shape index (κ2) is 9.89. The maximum absolute atomic E-state index is 15.4. The molecule has 0 aliphatic heterocycles. The van der Waals surface area contributed by atoms with Crippen LogP contribution in [0.4, 0.5) is 11.4 Å². The van der Waals surface area contributed by atoms with Crippen LogP contribution in [0.5, 0.6) is 0 Å². The summed E-state index contributed by atoms with van der Waals surface area (Å²) >= 11 is 1.66. The molecule has 0 bridgehead atoms. The van der Waals surface area contributed by atoms with E-state index in [0.29, 0.717) is 21.7 Å². The lowest BCUT2D eigenvalue weighted by Crippen LogP contribution is -2.27. The van der Waals surface area contributed by atoms with Gasteiger partial charge < -0.3 is 0 Å². The van der Waals surface area contributed by atoms with Gasteiger partial charge in [0.1, 0.15) is 0 Å². The molecular formula is C40H25NO2S2. The van der Waals surface area contributed by atoms with E-state index in [0.717, 1.165) is 42.4 Å². The van der Waals surface area contributed by atoms with Crippen molar-refractivity contribution in [2.24, 2.45) is 0 Å². The highest BCUT2D eigenvalue weighted by atomic mass is 32.2. The van der Waals surface area contributed by atoms with Crippen LogP contribution in [-0.4, -0.2) is 8.42 Å². The van der Waals surface area contributed by atoms with Crippen molar-refractivity contribution in [2.75, 3.05) is 4.31 Å². The van der Waals surface area contributed by atoms with E-state index in [-0.39, 0.29) is 0 Å². The highest BCUT2D eigenvalue weighted by Gasteiger charge is 2.32. The van der Waals surface area contributed by atoms with E-state index in [9.17, 15) is 0 Å². The Balaban J connectivity index is 1.40. The first kappa shape index (κ1) is 26.2. The second-order valence-corrected chi connectivity index (χ2v) is 14.1. The number of benzene rings is 8. The van der Waals surface area contributed by atoms with Gasteiger partial charge in [-0.1, -0.05) is 133 Å². The van der Waals surface area contributed by atoms with Crippen molar-refractivity contribution < 1.29 is 8.42 Å². The lowest BCUT2D eigenvalue weighted by atomic mass is 10.0. The summed E-state index contributed by atoms with van der Waals surface area (Å²) in [4.78, 5) is 0.294. The van der Waals surface area contributed by atoms with E-state index in [4.69, 9.17) is 0 Å². The highest BCUT2D eigenvalue weighted by Crippen LogP contribution is 2.46. The number of sulfonamides is 1. The molecule has 45 heavy (non-hydrogen) atoms. The third-order valence-electron chi connectivity index (χ3n) is 8.82. The highest BCUT2D eigenvalue weighted by molar-refractivity contribution is 7.93. The van der Waals surface area contributed by atoms with Gasteiger partial charge in [-0.3, -0.25) is 0 Å². The van der Waals surface area contributed by atoms with Crippen molar-refractivity contribution in [3.8, 4) is 0 Å². The fourth-order valence-corrected chi connectivity index (χ4v) is 9.93. The monoisotopic (exact) mass is 615 g/mol. The van der Waals surface area contributed by atoms with E-state index in [1.165, 1.54) is 15.5 Å². The molecule has 0 saturated heterocycles. The van der Waals surface area contributed by atoms with Gasteiger partial charge in [0.15, 0.2) is 0 Å². The minimum atomic E-state index is -4.15. The zero-order chi connectivity index (χ0) is 30.1. The van der Waals surface area contributed by atoms with Crippen molar-refractivity contribution in [2.45, 2.75) is 4.90 Å². The molecule has 3 nitrogen and oxygen atoms in total. The Morgan fingerprint density at radius 2 is 0.933 bits per heavy atom. The Labute approximate surface area is 264 Å². The molecule has 1 aromatic heterocycles. The van der Waals surface area contributed by atoms with Crippen LogP contribution in [0.15, 0.2) is 157 Å². The first-order valence-corrected chi connectivity index (χ1v) is 17.1. The van der Waals surface area contributed by atoms with E-state index in [1.807, 2.05) is 109 Å². The molecule has 214 valence electrons. The number of fused-ring (bicyclic) bond motifs is 9. The number of thiophene rings is 1. The van der Waals surface area contributed by atoms with Gasteiger partial charge in [-0.15, -0.1) is 11.3 Å². The van der Waals surface area contributed by atoms with Gasteiger partial charge in [0.25, 0.3) is 10.0 Å². The summed E-state index contributed by atoms with van der Waals surface area (Å²) in [5.41, 5.74) is 1.24. The minimum Gasteiger partial charge on any atom is -0.233 e.